The number of benzene rings is 2. The van der Waals surface area contributed by atoms with Gasteiger partial charge in [0.2, 0.25) is 5.91 Å². The van der Waals surface area contributed by atoms with Gasteiger partial charge in [-0.15, -0.1) is 0 Å². The number of fused-ring (bicyclic) bond motifs is 3. The molecule has 1 saturated carbocycles. The summed E-state index contributed by atoms with van der Waals surface area (Å²) < 4.78 is 11.8. The van der Waals surface area contributed by atoms with E-state index in [1.165, 1.54) is 0 Å². The molecule has 0 saturated heterocycles. The number of aromatic nitrogens is 2. The number of aromatic amines is 1. The number of anilines is 1. The summed E-state index contributed by atoms with van der Waals surface area (Å²) >= 11 is 2.22. The van der Waals surface area contributed by atoms with Crippen LogP contribution in [0.15, 0.2) is 30.3 Å². The first-order valence-electron chi connectivity index (χ1n) is 8.30. The lowest BCUT2D eigenvalue weighted by Gasteiger charge is -2.13. The molecule has 5 rings (SSSR count). The molecule has 1 aromatic heterocycles. The lowest BCUT2D eigenvalue weighted by molar-refractivity contribution is -0.118. The second-order valence-corrected chi connectivity index (χ2v) is 7.78. The van der Waals surface area contributed by atoms with Crippen molar-refractivity contribution in [2.45, 2.75) is 17.8 Å². The zero-order chi connectivity index (χ0) is 18.1. The number of carbonyl (C=O) groups is 1. The van der Waals surface area contributed by atoms with Gasteiger partial charge in [-0.3, -0.25) is 9.89 Å². The molecule has 2 atom stereocenters. The largest absolute Gasteiger partial charge is 0.493 e. The first-order valence-corrected chi connectivity index (χ1v) is 9.38. The Morgan fingerprint density at radius 1 is 1.19 bits per heavy atom. The summed E-state index contributed by atoms with van der Waals surface area (Å²) in [7, 11) is 3.21. The van der Waals surface area contributed by atoms with Crippen LogP contribution >= 0.6 is 22.6 Å². The summed E-state index contributed by atoms with van der Waals surface area (Å²) in [6.45, 7) is 0. The summed E-state index contributed by atoms with van der Waals surface area (Å²) in [6.07, 6.45) is 0.790. The number of ether oxygens (including phenoxy) is 2. The fourth-order valence-corrected chi connectivity index (χ4v) is 4.73. The lowest BCUT2D eigenvalue weighted by atomic mass is 9.91. The number of nitrogens with one attached hydrogen (secondary N) is 2. The molecule has 132 valence electrons. The Morgan fingerprint density at radius 2 is 1.96 bits per heavy atom. The topological polar surface area (TPSA) is 76.2 Å². The molecule has 7 heteroatoms. The van der Waals surface area contributed by atoms with Crippen LogP contribution in [0.25, 0.3) is 10.9 Å². The molecule has 6 nitrogen and oxygen atoms in total. The van der Waals surface area contributed by atoms with Crippen molar-refractivity contribution in [1.82, 2.24) is 10.2 Å². The van der Waals surface area contributed by atoms with Crippen molar-refractivity contribution < 1.29 is 14.3 Å². The average molecular weight is 461 g/mol. The second-order valence-electron chi connectivity index (χ2n) is 6.75. The predicted octanol–water partition coefficient (Wildman–Crippen LogP) is 3.56. The van der Waals surface area contributed by atoms with Crippen LogP contribution in [-0.2, 0) is 10.2 Å². The van der Waals surface area contributed by atoms with Crippen LogP contribution in [0.4, 0.5) is 5.69 Å². The number of carbonyl (C=O) groups excluding carboxylic acids is 1. The van der Waals surface area contributed by atoms with E-state index in [2.05, 4.69) is 56.3 Å². The van der Waals surface area contributed by atoms with Crippen LogP contribution < -0.4 is 14.8 Å². The van der Waals surface area contributed by atoms with Crippen molar-refractivity contribution in [1.29, 1.82) is 0 Å². The molecule has 2 aliphatic rings. The molecule has 1 amide bonds. The Labute approximate surface area is 163 Å². The van der Waals surface area contributed by atoms with Gasteiger partial charge in [0.05, 0.1) is 25.2 Å². The average Bonchev–Trinajstić information content (AvgIpc) is 3.23. The van der Waals surface area contributed by atoms with Gasteiger partial charge in [0, 0.05) is 23.1 Å². The van der Waals surface area contributed by atoms with Gasteiger partial charge in [-0.1, -0.05) is 6.07 Å². The molecule has 1 aliphatic carbocycles. The number of hydrogen-bond acceptors (Lipinski definition) is 4. The summed E-state index contributed by atoms with van der Waals surface area (Å²) in [4.78, 5) is 12.9. The molecular weight excluding hydrogens is 445 g/mol. The van der Waals surface area contributed by atoms with Crippen LogP contribution in [0.1, 0.15) is 23.5 Å². The van der Waals surface area contributed by atoms with E-state index in [0.717, 1.165) is 37.8 Å². The highest BCUT2D eigenvalue weighted by molar-refractivity contribution is 14.1. The quantitative estimate of drug-likeness (QED) is 0.585. The summed E-state index contributed by atoms with van der Waals surface area (Å²) in [5, 5.41) is 11.4. The Morgan fingerprint density at radius 3 is 2.73 bits per heavy atom. The standard InChI is InChI=1S/C19H16IN3O3/c1-25-15-6-11-14(7-16(15)26-2)21-18(24)19(11)8-12(19)9-3-4-10-13(5-9)22-23-17(10)20/h3-7,12H,8H2,1-2H3,(H,21,24)(H,22,23)/t12?,19-/m0/s1. The van der Waals surface area contributed by atoms with Crippen molar-refractivity contribution >= 4 is 45.1 Å². The van der Waals surface area contributed by atoms with Crippen molar-refractivity contribution in [3.05, 3.63) is 45.2 Å². The van der Waals surface area contributed by atoms with Crippen molar-refractivity contribution in [3.8, 4) is 11.5 Å². The molecule has 0 radical (unpaired) electrons. The molecule has 0 bridgehead atoms. The fourth-order valence-electron chi connectivity index (χ4n) is 4.14. The van der Waals surface area contributed by atoms with E-state index in [9.17, 15) is 4.79 Å². The predicted molar refractivity (Wildman–Crippen MR) is 106 cm³/mol. The Kier molecular flexibility index (Phi) is 3.28. The van der Waals surface area contributed by atoms with Crippen LogP contribution in [0.2, 0.25) is 0 Å². The summed E-state index contributed by atoms with van der Waals surface area (Å²) in [5.74, 6) is 1.46. The Hall–Kier alpha value is -2.29. The number of H-pyrrole nitrogens is 1. The van der Waals surface area contributed by atoms with E-state index in [0.29, 0.717) is 11.5 Å². The molecule has 1 spiro atoms. The third-order valence-corrected chi connectivity index (χ3v) is 6.38. The van der Waals surface area contributed by atoms with Gasteiger partial charge < -0.3 is 14.8 Å². The zero-order valence-electron chi connectivity index (χ0n) is 14.2. The number of nitrogens with zero attached hydrogens (tertiary/aromatic N) is 1. The van der Waals surface area contributed by atoms with Crippen molar-refractivity contribution in [3.63, 3.8) is 0 Å². The molecule has 1 aliphatic heterocycles. The second kappa shape index (κ2) is 5.35. The maximum atomic E-state index is 12.9. The van der Waals surface area contributed by atoms with Crippen LogP contribution in [0, 0.1) is 3.70 Å². The van der Waals surface area contributed by atoms with Gasteiger partial charge in [-0.05, 0) is 58.3 Å². The normalized spacial score (nSPS) is 23.2. The monoisotopic (exact) mass is 461 g/mol. The minimum Gasteiger partial charge on any atom is -0.493 e. The SMILES string of the molecule is COc1cc2c(cc1OC)[C@]1(CC1c1ccc3c(I)n[nH]c3c1)C(=O)N2. The Balaban J connectivity index is 1.60. The smallest absolute Gasteiger partial charge is 0.235 e. The maximum absolute atomic E-state index is 12.9. The number of amides is 1. The van der Waals surface area contributed by atoms with Crippen LogP contribution in [0.5, 0.6) is 11.5 Å². The molecule has 2 heterocycles. The van der Waals surface area contributed by atoms with E-state index < -0.39 is 5.41 Å². The van der Waals surface area contributed by atoms with E-state index >= 15 is 0 Å². The maximum Gasteiger partial charge on any atom is 0.235 e. The number of hydrogen-bond donors (Lipinski definition) is 2. The van der Waals surface area contributed by atoms with Crippen molar-refractivity contribution in [2.75, 3.05) is 19.5 Å². The third-order valence-electron chi connectivity index (χ3n) is 5.56. The van der Waals surface area contributed by atoms with E-state index in [1.807, 2.05) is 12.1 Å². The third kappa shape index (κ3) is 1.97. The number of methoxy groups -OCH3 is 2. The van der Waals surface area contributed by atoms with Gasteiger partial charge in [-0.25, -0.2) is 0 Å². The van der Waals surface area contributed by atoms with Gasteiger partial charge in [0.1, 0.15) is 3.70 Å². The number of halogens is 1. The molecule has 3 aromatic rings. The first-order chi connectivity index (χ1) is 12.6. The Bertz CT molecular complexity index is 1080. The minimum atomic E-state index is -0.518. The minimum absolute atomic E-state index is 0.0482. The van der Waals surface area contributed by atoms with E-state index in [4.69, 9.17) is 9.47 Å². The fraction of sp³-hybridized carbons (Fsp3) is 0.263. The molecule has 2 aromatic carbocycles. The highest BCUT2D eigenvalue weighted by Crippen LogP contribution is 2.66. The highest BCUT2D eigenvalue weighted by Gasteiger charge is 2.65. The molecular formula is C19H16IN3O3. The summed E-state index contributed by atoms with van der Waals surface area (Å²) in [6, 6.07) is 10.1. The van der Waals surface area contributed by atoms with Gasteiger partial charge in [0.15, 0.2) is 11.5 Å². The van der Waals surface area contributed by atoms with Gasteiger partial charge >= 0.3 is 0 Å². The van der Waals surface area contributed by atoms with Crippen molar-refractivity contribution in [2.24, 2.45) is 0 Å². The molecule has 26 heavy (non-hydrogen) atoms. The molecule has 2 N–H and O–H groups in total. The van der Waals surface area contributed by atoms with E-state index in [-0.39, 0.29) is 11.8 Å². The number of rotatable bonds is 3. The molecule has 1 unspecified atom stereocenters. The van der Waals surface area contributed by atoms with Crippen LogP contribution in [-0.4, -0.2) is 30.3 Å². The molecule has 1 fully saturated rings. The van der Waals surface area contributed by atoms with E-state index in [1.54, 1.807) is 14.2 Å². The zero-order valence-corrected chi connectivity index (χ0v) is 16.4. The summed E-state index contributed by atoms with van der Waals surface area (Å²) in [5.41, 5.74) is 3.43. The van der Waals surface area contributed by atoms with Crippen LogP contribution in [0.3, 0.4) is 0 Å². The van der Waals surface area contributed by atoms with Gasteiger partial charge in [0.25, 0.3) is 0 Å². The lowest BCUT2D eigenvalue weighted by Crippen LogP contribution is -2.21. The van der Waals surface area contributed by atoms with Gasteiger partial charge in [-0.2, -0.15) is 5.10 Å². The highest BCUT2D eigenvalue weighted by atomic mass is 127. The first kappa shape index (κ1) is 15.9.